The molecule has 0 unspecified atom stereocenters. The second-order valence-electron chi connectivity index (χ2n) is 4.81. The SMILES string of the molecule is COc1cc(N=Nc2ccc(C(=O)O)c(C(=O)O)c2)c(OC)cc1N. The van der Waals surface area contributed by atoms with Crippen LogP contribution in [0.15, 0.2) is 40.6 Å². The minimum absolute atomic E-state index is 0.167. The molecule has 0 atom stereocenters. The molecule has 2 aromatic rings. The maximum atomic E-state index is 11.2. The minimum atomic E-state index is -1.37. The fourth-order valence-corrected chi connectivity index (χ4v) is 2.05. The molecule has 0 heterocycles. The van der Waals surface area contributed by atoms with E-state index in [2.05, 4.69) is 10.2 Å². The Bertz CT molecular complexity index is 863. The number of carboxylic acid groups (broad SMARTS) is 2. The summed E-state index contributed by atoms with van der Waals surface area (Å²) in [4.78, 5) is 22.2. The van der Waals surface area contributed by atoms with Crippen LogP contribution >= 0.6 is 0 Å². The van der Waals surface area contributed by atoms with Crippen LogP contribution in [0.2, 0.25) is 0 Å². The number of anilines is 1. The van der Waals surface area contributed by atoms with Gasteiger partial charge in [0.15, 0.2) is 0 Å². The van der Waals surface area contributed by atoms with Crippen LogP contribution in [-0.4, -0.2) is 36.4 Å². The number of azo groups is 1. The summed E-state index contributed by atoms with van der Waals surface area (Å²) in [6.07, 6.45) is 0. The fraction of sp³-hybridized carbons (Fsp3) is 0.125. The van der Waals surface area contributed by atoms with Gasteiger partial charge >= 0.3 is 11.9 Å². The first-order chi connectivity index (χ1) is 11.9. The molecule has 25 heavy (non-hydrogen) atoms. The molecule has 9 nitrogen and oxygen atoms in total. The van der Waals surface area contributed by atoms with Crippen LogP contribution in [-0.2, 0) is 0 Å². The molecule has 0 aromatic heterocycles. The van der Waals surface area contributed by atoms with Gasteiger partial charge < -0.3 is 25.4 Å². The third kappa shape index (κ3) is 3.83. The van der Waals surface area contributed by atoms with Gasteiger partial charge in [0.2, 0.25) is 0 Å². The lowest BCUT2D eigenvalue weighted by Crippen LogP contribution is -2.07. The number of benzene rings is 2. The maximum absolute atomic E-state index is 11.2. The average molecular weight is 345 g/mol. The molecule has 0 amide bonds. The average Bonchev–Trinajstić information content (AvgIpc) is 2.59. The van der Waals surface area contributed by atoms with E-state index >= 15 is 0 Å². The van der Waals surface area contributed by atoms with E-state index in [0.717, 1.165) is 12.1 Å². The number of carbonyl (C=O) groups is 2. The number of methoxy groups -OCH3 is 2. The molecule has 0 bridgehead atoms. The van der Waals surface area contributed by atoms with Crippen LogP contribution in [0.3, 0.4) is 0 Å². The molecule has 2 aromatic carbocycles. The topological polar surface area (TPSA) is 144 Å². The molecule has 130 valence electrons. The van der Waals surface area contributed by atoms with Gasteiger partial charge in [-0.3, -0.25) is 0 Å². The fourth-order valence-electron chi connectivity index (χ4n) is 2.05. The van der Waals surface area contributed by atoms with Gasteiger partial charge in [0.05, 0.1) is 36.7 Å². The minimum Gasteiger partial charge on any atom is -0.495 e. The molecule has 0 fully saturated rings. The first kappa shape index (κ1) is 17.7. The van der Waals surface area contributed by atoms with E-state index in [1.54, 1.807) is 0 Å². The third-order valence-corrected chi connectivity index (χ3v) is 3.27. The third-order valence-electron chi connectivity index (χ3n) is 3.27. The van der Waals surface area contributed by atoms with E-state index in [9.17, 15) is 9.59 Å². The predicted octanol–water partition coefficient (Wildman–Crippen LogP) is 3.10. The molecule has 0 spiro atoms. The zero-order chi connectivity index (χ0) is 18.6. The van der Waals surface area contributed by atoms with E-state index in [0.29, 0.717) is 22.9 Å². The highest BCUT2D eigenvalue weighted by Crippen LogP contribution is 2.37. The molecule has 0 saturated carbocycles. The van der Waals surface area contributed by atoms with Crippen molar-refractivity contribution in [1.29, 1.82) is 0 Å². The second-order valence-corrected chi connectivity index (χ2v) is 4.81. The van der Waals surface area contributed by atoms with Crippen molar-refractivity contribution < 1.29 is 29.3 Å². The van der Waals surface area contributed by atoms with E-state index in [1.807, 2.05) is 0 Å². The number of nitrogens with zero attached hydrogens (tertiary/aromatic N) is 2. The Labute approximate surface area is 142 Å². The van der Waals surface area contributed by atoms with Gasteiger partial charge in [0.1, 0.15) is 17.2 Å². The second kappa shape index (κ2) is 7.30. The lowest BCUT2D eigenvalue weighted by atomic mass is 10.1. The van der Waals surface area contributed by atoms with Crippen LogP contribution in [0, 0.1) is 0 Å². The Morgan fingerprint density at radius 3 is 2.12 bits per heavy atom. The number of hydrogen-bond acceptors (Lipinski definition) is 7. The zero-order valence-electron chi connectivity index (χ0n) is 13.4. The van der Waals surface area contributed by atoms with Crippen LogP contribution in [0.5, 0.6) is 11.5 Å². The summed E-state index contributed by atoms with van der Waals surface area (Å²) in [5.41, 5.74) is 5.90. The monoisotopic (exact) mass is 345 g/mol. The normalized spacial score (nSPS) is 10.6. The van der Waals surface area contributed by atoms with Crippen molar-refractivity contribution in [1.82, 2.24) is 0 Å². The highest BCUT2D eigenvalue weighted by molar-refractivity contribution is 6.02. The van der Waals surface area contributed by atoms with Crippen molar-refractivity contribution in [2.24, 2.45) is 10.2 Å². The van der Waals surface area contributed by atoms with E-state index in [-0.39, 0.29) is 16.8 Å². The highest BCUT2D eigenvalue weighted by Gasteiger charge is 2.16. The Kier molecular flexibility index (Phi) is 5.18. The lowest BCUT2D eigenvalue weighted by Gasteiger charge is -2.09. The van der Waals surface area contributed by atoms with Gasteiger partial charge in [0, 0.05) is 12.1 Å². The van der Waals surface area contributed by atoms with Crippen LogP contribution in [0.4, 0.5) is 17.1 Å². The number of nitrogens with two attached hydrogens (primary N) is 1. The van der Waals surface area contributed by atoms with E-state index in [4.69, 9.17) is 25.4 Å². The van der Waals surface area contributed by atoms with Crippen molar-refractivity contribution in [3.63, 3.8) is 0 Å². The molecule has 0 radical (unpaired) electrons. The largest absolute Gasteiger partial charge is 0.495 e. The summed E-state index contributed by atoms with van der Waals surface area (Å²) >= 11 is 0. The van der Waals surface area contributed by atoms with Crippen LogP contribution < -0.4 is 15.2 Å². The summed E-state index contributed by atoms with van der Waals surface area (Å²) in [7, 11) is 2.88. The number of nitrogen functional groups attached to an aromatic ring is 1. The van der Waals surface area contributed by atoms with Crippen LogP contribution in [0.25, 0.3) is 0 Å². The molecule has 0 aliphatic carbocycles. The molecule has 0 saturated heterocycles. The summed E-state index contributed by atoms with van der Waals surface area (Å²) in [6, 6.07) is 6.66. The number of rotatable bonds is 6. The van der Waals surface area contributed by atoms with Crippen molar-refractivity contribution in [3.05, 3.63) is 41.5 Å². The van der Waals surface area contributed by atoms with Gasteiger partial charge in [0.25, 0.3) is 0 Å². The molecular weight excluding hydrogens is 330 g/mol. The van der Waals surface area contributed by atoms with Crippen molar-refractivity contribution in [2.75, 3.05) is 20.0 Å². The molecule has 2 rings (SSSR count). The number of hydrogen-bond donors (Lipinski definition) is 3. The summed E-state index contributed by atoms with van der Waals surface area (Å²) in [5.74, 6) is -1.99. The van der Waals surface area contributed by atoms with Gasteiger partial charge in [-0.15, -0.1) is 5.11 Å². The molecule has 0 aliphatic rings. The van der Waals surface area contributed by atoms with Crippen molar-refractivity contribution in [3.8, 4) is 11.5 Å². The van der Waals surface area contributed by atoms with Crippen LogP contribution in [0.1, 0.15) is 20.7 Å². The van der Waals surface area contributed by atoms with Gasteiger partial charge in [-0.05, 0) is 18.2 Å². The Morgan fingerprint density at radius 1 is 0.920 bits per heavy atom. The first-order valence-electron chi connectivity index (χ1n) is 6.91. The molecule has 4 N–H and O–H groups in total. The standard InChI is InChI=1S/C16H15N3O6/c1-24-13-7-12(14(25-2)6-11(13)17)19-18-8-3-4-9(15(20)21)10(5-8)16(22)23/h3-7H,17H2,1-2H3,(H,20,21)(H,22,23). The zero-order valence-corrected chi connectivity index (χ0v) is 13.4. The van der Waals surface area contributed by atoms with Gasteiger partial charge in [-0.25, -0.2) is 9.59 Å². The molecule has 0 aliphatic heterocycles. The van der Waals surface area contributed by atoms with E-state index < -0.39 is 11.9 Å². The predicted molar refractivity (Wildman–Crippen MR) is 88.5 cm³/mol. The summed E-state index contributed by atoms with van der Waals surface area (Å²) in [5, 5.41) is 26.0. The number of ether oxygens (including phenoxy) is 2. The van der Waals surface area contributed by atoms with E-state index in [1.165, 1.54) is 32.4 Å². The molecule has 9 heteroatoms. The smallest absolute Gasteiger partial charge is 0.336 e. The molecular formula is C16H15N3O6. The maximum Gasteiger partial charge on any atom is 0.336 e. The number of carboxylic acids is 2. The number of aromatic carboxylic acids is 2. The van der Waals surface area contributed by atoms with Crippen molar-refractivity contribution >= 4 is 29.0 Å². The lowest BCUT2D eigenvalue weighted by molar-refractivity contribution is 0.0651. The highest BCUT2D eigenvalue weighted by atomic mass is 16.5. The Hall–Kier alpha value is -3.62. The summed E-state index contributed by atoms with van der Waals surface area (Å²) in [6.45, 7) is 0. The quantitative estimate of drug-likeness (QED) is 0.539. The van der Waals surface area contributed by atoms with Gasteiger partial charge in [-0.1, -0.05) is 0 Å². The Morgan fingerprint density at radius 2 is 1.56 bits per heavy atom. The first-order valence-corrected chi connectivity index (χ1v) is 6.91. The van der Waals surface area contributed by atoms with Crippen molar-refractivity contribution in [2.45, 2.75) is 0 Å². The summed E-state index contributed by atoms with van der Waals surface area (Å²) < 4.78 is 10.3. The van der Waals surface area contributed by atoms with Gasteiger partial charge in [-0.2, -0.15) is 5.11 Å². The Balaban J connectivity index is 2.44.